The molecular formula is C31H44. The van der Waals surface area contributed by atoms with Crippen molar-refractivity contribution in [3.63, 3.8) is 0 Å². The largest absolute Gasteiger partial charge is 0.0683 e. The van der Waals surface area contributed by atoms with E-state index < -0.39 is 0 Å². The molecule has 0 saturated heterocycles. The second kappa shape index (κ2) is 14.6. The van der Waals surface area contributed by atoms with E-state index in [0.717, 1.165) is 0 Å². The van der Waals surface area contributed by atoms with E-state index in [1.807, 2.05) is 32.0 Å². The van der Waals surface area contributed by atoms with E-state index in [0.29, 0.717) is 5.41 Å². The molecule has 31 heavy (non-hydrogen) atoms. The van der Waals surface area contributed by atoms with Gasteiger partial charge in [0.1, 0.15) is 0 Å². The van der Waals surface area contributed by atoms with E-state index in [-0.39, 0.29) is 0 Å². The van der Waals surface area contributed by atoms with Crippen molar-refractivity contribution >= 4 is 0 Å². The Labute approximate surface area is 192 Å². The molecule has 1 fully saturated rings. The lowest BCUT2D eigenvalue weighted by Gasteiger charge is -2.28. The Bertz CT molecular complexity index is 757. The molecule has 0 heteroatoms. The van der Waals surface area contributed by atoms with Crippen molar-refractivity contribution in [2.45, 2.75) is 80.6 Å². The summed E-state index contributed by atoms with van der Waals surface area (Å²) in [6.07, 6.45) is 7.31. The summed E-state index contributed by atoms with van der Waals surface area (Å²) in [6, 6.07) is 27.5. The van der Waals surface area contributed by atoms with E-state index in [1.165, 1.54) is 59.9 Å². The molecule has 0 atom stereocenters. The van der Waals surface area contributed by atoms with Crippen molar-refractivity contribution in [2.75, 3.05) is 0 Å². The minimum atomic E-state index is 0.679. The summed E-state index contributed by atoms with van der Waals surface area (Å²) >= 11 is 0. The molecule has 0 bridgehead atoms. The SMILES string of the molecule is CC.CC1(C)CCCCC1.Cc1ccc(-c2ccc(C)cc2)cc1.Cc1ccccc1. The second-order valence-electron chi connectivity index (χ2n) is 9.11. The van der Waals surface area contributed by atoms with Gasteiger partial charge >= 0.3 is 0 Å². The number of hydrogen-bond acceptors (Lipinski definition) is 0. The smallest absolute Gasteiger partial charge is 0.0184 e. The maximum Gasteiger partial charge on any atom is -0.0184 e. The fourth-order valence-electron chi connectivity index (χ4n) is 3.54. The first kappa shape index (κ1) is 26.7. The Morgan fingerprint density at radius 2 is 0.839 bits per heavy atom. The van der Waals surface area contributed by atoms with Crippen molar-refractivity contribution in [1.29, 1.82) is 0 Å². The number of hydrogen-bond donors (Lipinski definition) is 0. The van der Waals surface area contributed by atoms with Gasteiger partial charge in [-0.25, -0.2) is 0 Å². The highest BCUT2D eigenvalue weighted by Crippen LogP contribution is 2.34. The zero-order valence-corrected chi connectivity index (χ0v) is 21.0. The predicted octanol–water partition coefficient (Wildman–Crippen LogP) is 9.97. The van der Waals surface area contributed by atoms with Crippen molar-refractivity contribution in [3.8, 4) is 11.1 Å². The predicted molar refractivity (Wildman–Crippen MR) is 141 cm³/mol. The summed E-state index contributed by atoms with van der Waals surface area (Å²) in [5, 5.41) is 0. The van der Waals surface area contributed by atoms with E-state index in [4.69, 9.17) is 0 Å². The fraction of sp³-hybridized carbons (Fsp3) is 0.419. The molecule has 1 saturated carbocycles. The highest BCUT2D eigenvalue weighted by atomic mass is 14.3. The van der Waals surface area contributed by atoms with Gasteiger partial charge in [0.25, 0.3) is 0 Å². The van der Waals surface area contributed by atoms with E-state index in [2.05, 4.69) is 95.3 Å². The highest BCUT2D eigenvalue weighted by molar-refractivity contribution is 5.63. The van der Waals surface area contributed by atoms with Crippen LogP contribution in [-0.4, -0.2) is 0 Å². The Hall–Kier alpha value is -2.34. The molecule has 3 aromatic carbocycles. The first-order valence-corrected chi connectivity index (χ1v) is 12.0. The van der Waals surface area contributed by atoms with Gasteiger partial charge in [-0.05, 0) is 50.2 Å². The minimum Gasteiger partial charge on any atom is -0.0683 e. The Morgan fingerprint density at radius 3 is 1.10 bits per heavy atom. The normalized spacial score (nSPS) is 13.9. The van der Waals surface area contributed by atoms with Crippen molar-refractivity contribution in [3.05, 3.63) is 95.6 Å². The van der Waals surface area contributed by atoms with Gasteiger partial charge in [-0.1, -0.05) is 143 Å². The van der Waals surface area contributed by atoms with Crippen LogP contribution in [0.15, 0.2) is 78.9 Å². The van der Waals surface area contributed by atoms with Crippen LogP contribution in [0.1, 0.15) is 76.5 Å². The van der Waals surface area contributed by atoms with Crippen molar-refractivity contribution < 1.29 is 0 Å². The molecule has 0 spiro atoms. The van der Waals surface area contributed by atoms with Crippen LogP contribution in [0.5, 0.6) is 0 Å². The molecule has 1 aliphatic carbocycles. The standard InChI is InChI=1S/C14H14.C8H16.C7H8.C2H6/c1-11-3-7-13(8-4-11)14-9-5-12(2)6-10-14;1-8(2)6-4-3-5-7-8;1-7-5-3-2-4-6-7;1-2/h3-10H,1-2H3;3-7H2,1-2H3;2-6H,1H3;1-2H3. The quantitative estimate of drug-likeness (QED) is 0.370. The van der Waals surface area contributed by atoms with Gasteiger partial charge in [-0.15, -0.1) is 0 Å². The fourth-order valence-corrected chi connectivity index (χ4v) is 3.54. The van der Waals surface area contributed by atoms with Gasteiger partial charge < -0.3 is 0 Å². The monoisotopic (exact) mass is 416 g/mol. The highest BCUT2D eigenvalue weighted by Gasteiger charge is 2.19. The average molecular weight is 417 g/mol. The van der Waals surface area contributed by atoms with Crippen LogP contribution >= 0.6 is 0 Å². The van der Waals surface area contributed by atoms with Crippen LogP contribution in [0.3, 0.4) is 0 Å². The Morgan fingerprint density at radius 1 is 0.484 bits per heavy atom. The first-order chi connectivity index (χ1) is 14.9. The average Bonchev–Trinajstić information content (AvgIpc) is 2.78. The lowest BCUT2D eigenvalue weighted by Crippen LogP contribution is -2.14. The summed E-state index contributed by atoms with van der Waals surface area (Å²) in [7, 11) is 0. The second-order valence-corrected chi connectivity index (χ2v) is 9.11. The Kier molecular flexibility index (Phi) is 12.6. The topological polar surface area (TPSA) is 0 Å². The van der Waals surface area contributed by atoms with Crippen LogP contribution in [0.2, 0.25) is 0 Å². The maximum absolute atomic E-state index is 2.38. The van der Waals surface area contributed by atoms with Gasteiger partial charge in [-0.2, -0.15) is 0 Å². The van der Waals surface area contributed by atoms with Crippen LogP contribution in [0.4, 0.5) is 0 Å². The number of benzene rings is 3. The van der Waals surface area contributed by atoms with Crippen LogP contribution in [-0.2, 0) is 0 Å². The molecular weight excluding hydrogens is 372 g/mol. The van der Waals surface area contributed by atoms with Crippen LogP contribution in [0.25, 0.3) is 11.1 Å². The summed E-state index contributed by atoms with van der Waals surface area (Å²) in [4.78, 5) is 0. The molecule has 0 amide bonds. The third-order valence-electron chi connectivity index (χ3n) is 5.58. The maximum atomic E-state index is 2.38. The van der Waals surface area contributed by atoms with E-state index in [1.54, 1.807) is 0 Å². The van der Waals surface area contributed by atoms with Gasteiger partial charge in [0, 0.05) is 0 Å². The molecule has 0 heterocycles. The summed E-state index contributed by atoms with van der Waals surface area (Å²) < 4.78 is 0. The number of rotatable bonds is 1. The molecule has 0 aromatic heterocycles. The number of aryl methyl sites for hydroxylation is 3. The Balaban J connectivity index is 0.000000241. The minimum absolute atomic E-state index is 0.679. The van der Waals surface area contributed by atoms with Gasteiger partial charge in [0.2, 0.25) is 0 Å². The molecule has 0 unspecified atom stereocenters. The van der Waals surface area contributed by atoms with Gasteiger partial charge in [-0.3, -0.25) is 0 Å². The molecule has 1 aliphatic rings. The van der Waals surface area contributed by atoms with Crippen LogP contribution in [0, 0.1) is 26.2 Å². The lowest BCUT2D eigenvalue weighted by molar-refractivity contribution is 0.244. The molecule has 0 aliphatic heterocycles. The third kappa shape index (κ3) is 11.6. The molecule has 0 N–H and O–H groups in total. The van der Waals surface area contributed by atoms with E-state index >= 15 is 0 Å². The van der Waals surface area contributed by atoms with Gasteiger partial charge in [0.15, 0.2) is 0 Å². The summed E-state index contributed by atoms with van der Waals surface area (Å²) in [6.45, 7) is 15.1. The lowest BCUT2D eigenvalue weighted by atomic mass is 9.78. The van der Waals surface area contributed by atoms with E-state index in [9.17, 15) is 0 Å². The zero-order valence-electron chi connectivity index (χ0n) is 21.0. The molecule has 3 aromatic rings. The van der Waals surface area contributed by atoms with Crippen LogP contribution < -0.4 is 0 Å². The van der Waals surface area contributed by atoms with Crippen molar-refractivity contribution in [1.82, 2.24) is 0 Å². The molecule has 4 rings (SSSR count). The third-order valence-corrected chi connectivity index (χ3v) is 5.58. The van der Waals surface area contributed by atoms with Crippen molar-refractivity contribution in [2.24, 2.45) is 5.41 Å². The molecule has 0 nitrogen and oxygen atoms in total. The molecule has 0 radical (unpaired) electrons. The summed E-state index contributed by atoms with van der Waals surface area (Å²) in [5.74, 6) is 0. The molecule has 168 valence electrons. The first-order valence-electron chi connectivity index (χ1n) is 12.0. The van der Waals surface area contributed by atoms with Gasteiger partial charge in [0.05, 0.1) is 0 Å². The zero-order chi connectivity index (χ0) is 23.1. The summed E-state index contributed by atoms with van der Waals surface area (Å²) in [5.41, 5.74) is 7.19.